The topological polar surface area (TPSA) is 64.1 Å². The average molecular weight is 421 g/mol. The van der Waals surface area contributed by atoms with Crippen LogP contribution in [0.2, 0.25) is 0 Å². The molecule has 9 heteroatoms. The van der Waals surface area contributed by atoms with Crippen LogP contribution in [0.5, 0.6) is 0 Å². The molecule has 0 saturated heterocycles. The number of rotatable bonds is 7. The van der Waals surface area contributed by atoms with Gasteiger partial charge in [0.15, 0.2) is 5.82 Å². The predicted molar refractivity (Wildman–Crippen MR) is 105 cm³/mol. The number of anilines is 1. The summed E-state index contributed by atoms with van der Waals surface area (Å²) in [7, 11) is 0. The van der Waals surface area contributed by atoms with Crippen molar-refractivity contribution in [2.75, 3.05) is 18.5 Å². The Morgan fingerprint density at radius 3 is 2.59 bits per heavy atom. The summed E-state index contributed by atoms with van der Waals surface area (Å²) in [6, 6.07) is 8.52. The van der Waals surface area contributed by atoms with E-state index in [0.717, 1.165) is 18.6 Å². The van der Waals surface area contributed by atoms with Crippen LogP contribution in [0.25, 0.3) is 11.4 Å². The number of esters is 1. The minimum atomic E-state index is -4.42. The lowest BCUT2D eigenvalue weighted by molar-refractivity contribution is -0.137. The lowest BCUT2D eigenvalue weighted by Crippen LogP contribution is -2.14. The Morgan fingerprint density at radius 2 is 1.97 bits per heavy atom. The van der Waals surface area contributed by atoms with Gasteiger partial charge in [0.25, 0.3) is 0 Å². The third-order valence-electron chi connectivity index (χ3n) is 4.00. The van der Waals surface area contributed by atoms with Gasteiger partial charge in [0.1, 0.15) is 11.4 Å². The molecule has 0 radical (unpaired) electrons. The number of hydrogen-bond acceptors (Lipinski definition) is 6. The van der Waals surface area contributed by atoms with Gasteiger partial charge < -0.3 is 10.1 Å². The number of benzene rings is 1. The first-order valence-electron chi connectivity index (χ1n) is 8.86. The molecule has 0 aliphatic rings. The Labute approximate surface area is 169 Å². The molecule has 0 saturated carbocycles. The molecule has 0 aliphatic heterocycles. The van der Waals surface area contributed by atoms with Crippen LogP contribution in [0.3, 0.4) is 0 Å². The van der Waals surface area contributed by atoms with Gasteiger partial charge in [-0.2, -0.15) is 13.2 Å². The number of halogens is 3. The number of nitrogens with one attached hydrogen (secondary N) is 1. The summed E-state index contributed by atoms with van der Waals surface area (Å²) in [4.78, 5) is 21.9. The summed E-state index contributed by atoms with van der Waals surface area (Å²) in [5.41, 5.74) is -0.165. The molecule has 1 N–H and O–H groups in total. The molecular weight excluding hydrogens is 403 g/mol. The SMILES string of the molecule is CCOC(=O)c1cnc(-c2ccc(C(F)(F)F)cc2)nc1NCCc1cccs1. The Hall–Kier alpha value is -2.94. The molecular formula is C20H18F3N3O2S. The highest BCUT2D eigenvalue weighted by Crippen LogP contribution is 2.30. The van der Waals surface area contributed by atoms with E-state index in [-0.39, 0.29) is 23.8 Å². The zero-order valence-corrected chi connectivity index (χ0v) is 16.3. The van der Waals surface area contributed by atoms with Crippen molar-refractivity contribution in [2.45, 2.75) is 19.5 Å². The summed E-state index contributed by atoms with van der Waals surface area (Å²) in [5, 5.41) is 5.09. The number of carbonyl (C=O) groups excluding carboxylic acids is 1. The fourth-order valence-electron chi connectivity index (χ4n) is 2.58. The van der Waals surface area contributed by atoms with E-state index in [1.54, 1.807) is 18.3 Å². The van der Waals surface area contributed by atoms with E-state index in [9.17, 15) is 18.0 Å². The summed E-state index contributed by atoms with van der Waals surface area (Å²) >= 11 is 1.62. The maximum Gasteiger partial charge on any atom is 0.416 e. The fourth-order valence-corrected chi connectivity index (χ4v) is 3.29. The Balaban J connectivity index is 1.85. The minimum Gasteiger partial charge on any atom is -0.462 e. The number of thiophene rings is 1. The van der Waals surface area contributed by atoms with E-state index >= 15 is 0 Å². The van der Waals surface area contributed by atoms with E-state index in [4.69, 9.17) is 4.74 Å². The lowest BCUT2D eigenvalue weighted by atomic mass is 10.1. The van der Waals surface area contributed by atoms with Gasteiger partial charge >= 0.3 is 12.1 Å². The number of hydrogen-bond donors (Lipinski definition) is 1. The van der Waals surface area contributed by atoms with Gasteiger partial charge in [0.05, 0.1) is 12.2 Å². The van der Waals surface area contributed by atoms with E-state index < -0.39 is 17.7 Å². The minimum absolute atomic E-state index is 0.175. The summed E-state index contributed by atoms with van der Waals surface area (Å²) in [5.74, 6) is -0.0691. The largest absolute Gasteiger partial charge is 0.462 e. The van der Waals surface area contributed by atoms with Crippen molar-refractivity contribution in [1.82, 2.24) is 9.97 Å². The maximum atomic E-state index is 12.8. The van der Waals surface area contributed by atoms with Crippen molar-refractivity contribution in [3.8, 4) is 11.4 Å². The highest BCUT2D eigenvalue weighted by molar-refractivity contribution is 7.09. The fraction of sp³-hybridized carbons (Fsp3) is 0.250. The molecule has 3 rings (SSSR count). The van der Waals surface area contributed by atoms with Crippen molar-refractivity contribution in [3.63, 3.8) is 0 Å². The first-order chi connectivity index (χ1) is 13.9. The van der Waals surface area contributed by atoms with Crippen LogP contribution < -0.4 is 5.32 Å². The Kier molecular flexibility index (Phi) is 6.48. The monoisotopic (exact) mass is 421 g/mol. The van der Waals surface area contributed by atoms with Crippen molar-refractivity contribution in [1.29, 1.82) is 0 Å². The zero-order valence-electron chi connectivity index (χ0n) is 15.5. The van der Waals surface area contributed by atoms with Crippen LogP contribution in [0.1, 0.15) is 27.7 Å². The predicted octanol–water partition coefficient (Wildman–Crippen LogP) is 5.06. The van der Waals surface area contributed by atoms with Crippen LogP contribution in [0.4, 0.5) is 19.0 Å². The second-order valence-corrected chi connectivity index (χ2v) is 7.04. The third-order valence-corrected chi connectivity index (χ3v) is 4.93. The Bertz CT molecular complexity index is 958. The van der Waals surface area contributed by atoms with E-state index in [2.05, 4.69) is 15.3 Å². The average Bonchev–Trinajstić information content (AvgIpc) is 3.21. The smallest absolute Gasteiger partial charge is 0.416 e. The molecule has 0 fully saturated rings. The first kappa shape index (κ1) is 20.8. The summed E-state index contributed by atoms with van der Waals surface area (Å²) in [6.45, 7) is 2.42. The highest BCUT2D eigenvalue weighted by Gasteiger charge is 2.30. The molecule has 5 nitrogen and oxygen atoms in total. The van der Waals surface area contributed by atoms with Gasteiger partial charge in [-0.15, -0.1) is 11.3 Å². The maximum absolute atomic E-state index is 12.8. The van der Waals surface area contributed by atoms with E-state index in [1.165, 1.54) is 23.2 Å². The normalized spacial score (nSPS) is 11.3. The van der Waals surface area contributed by atoms with Crippen LogP contribution in [0, 0.1) is 0 Å². The molecule has 3 aromatic rings. The number of carbonyl (C=O) groups is 1. The van der Waals surface area contributed by atoms with Crippen LogP contribution >= 0.6 is 11.3 Å². The first-order valence-corrected chi connectivity index (χ1v) is 9.74. The van der Waals surface area contributed by atoms with Crippen molar-refractivity contribution in [3.05, 3.63) is 64.0 Å². The quantitative estimate of drug-likeness (QED) is 0.541. The second kappa shape index (κ2) is 9.04. The highest BCUT2D eigenvalue weighted by atomic mass is 32.1. The van der Waals surface area contributed by atoms with E-state index in [0.29, 0.717) is 12.1 Å². The molecule has 29 heavy (non-hydrogen) atoms. The number of ether oxygens (including phenoxy) is 1. The van der Waals surface area contributed by atoms with Crippen molar-refractivity contribution >= 4 is 23.1 Å². The summed E-state index contributed by atoms with van der Waals surface area (Å²) in [6.07, 6.45) is -2.35. The van der Waals surface area contributed by atoms with Gasteiger partial charge in [0.2, 0.25) is 0 Å². The van der Waals surface area contributed by atoms with Crippen molar-refractivity contribution in [2.24, 2.45) is 0 Å². The molecule has 152 valence electrons. The van der Waals surface area contributed by atoms with Crippen LogP contribution in [-0.2, 0) is 17.3 Å². The van der Waals surface area contributed by atoms with Crippen LogP contribution in [-0.4, -0.2) is 29.1 Å². The number of alkyl halides is 3. The standard InChI is InChI=1S/C20H18F3N3O2S/c1-2-28-19(27)16-12-25-17(13-5-7-14(8-6-13)20(21,22)23)26-18(16)24-10-9-15-4-3-11-29-15/h3-8,11-12H,2,9-10H2,1H3,(H,24,25,26). The lowest BCUT2D eigenvalue weighted by Gasteiger charge is -2.12. The Morgan fingerprint density at radius 1 is 1.21 bits per heavy atom. The molecule has 0 bridgehead atoms. The molecule has 0 aliphatic carbocycles. The summed E-state index contributed by atoms with van der Waals surface area (Å²) < 4.78 is 43.3. The molecule has 2 heterocycles. The van der Waals surface area contributed by atoms with Gasteiger partial charge in [-0.05, 0) is 36.9 Å². The molecule has 0 amide bonds. The van der Waals surface area contributed by atoms with Gasteiger partial charge in [-0.25, -0.2) is 14.8 Å². The zero-order chi connectivity index (χ0) is 20.9. The van der Waals surface area contributed by atoms with Gasteiger partial charge in [-0.3, -0.25) is 0 Å². The molecule has 1 aromatic carbocycles. The molecule has 0 atom stereocenters. The molecule has 0 spiro atoms. The number of aromatic nitrogens is 2. The molecule has 0 unspecified atom stereocenters. The van der Waals surface area contributed by atoms with Gasteiger partial charge in [0, 0.05) is 23.2 Å². The third kappa shape index (κ3) is 5.32. The molecule has 2 aromatic heterocycles. The van der Waals surface area contributed by atoms with Crippen LogP contribution in [0.15, 0.2) is 48.0 Å². The number of nitrogens with zero attached hydrogens (tertiary/aromatic N) is 2. The second-order valence-electron chi connectivity index (χ2n) is 6.01. The van der Waals surface area contributed by atoms with Gasteiger partial charge in [-0.1, -0.05) is 18.2 Å². The van der Waals surface area contributed by atoms with E-state index in [1.807, 2.05) is 17.5 Å². The van der Waals surface area contributed by atoms with Crippen molar-refractivity contribution < 1.29 is 22.7 Å².